The number of carbonyl (C=O) groups excluding carboxylic acids is 1. The molecule has 1 aromatic rings. The molecule has 0 radical (unpaired) electrons. The van der Waals surface area contributed by atoms with Crippen LogP contribution in [-0.4, -0.2) is 20.4 Å². The number of hydrogen-bond donors (Lipinski definition) is 1. The number of nitrogens with two attached hydrogens (primary N) is 1. The van der Waals surface area contributed by atoms with Crippen molar-refractivity contribution in [2.75, 3.05) is 0 Å². The summed E-state index contributed by atoms with van der Waals surface area (Å²) in [5, 5.41) is 0. The zero-order valence-electron chi connectivity index (χ0n) is 7.55. The van der Waals surface area contributed by atoms with Crippen molar-refractivity contribution in [2.45, 2.75) is 26.2 Å². The van der Waals surface area contributed by atoms with Gasteiger partial charge in [-0.1, -0.05) is 0 Å². The molecule has 0 saturated heterocycles. The third-order valence-corrected chi connectivity index (χ3v) is 4.79. The van der Waals surface area contributed by atoms with E-state index in [1.54, 1.807) is 0 Å². The van der Waals surface area contributed by atoms with Gasteiger partial charge in [-0.3, -0.25) is 0 Å². The fourth-order valence-electron chi connectivity index (χ4n) is 0.873. The Morgan fingerprint density at radius 3 is 2.25 bits per heavy atom. The van der Waals surface area contributed by atoms with Gasteiger partial charge in [-0.2, -0.15) is 0 Å². The van der Waals surface area contributed by atoms with Gasteiger partial charge in [0.2, 0.25) is 0 Å². The van der Waals surface area contributed by atoms with Crippen molar-refractivity contribution in [3.8, 4) is 0 Å². The number of hydrogen-bond acceptors (Lipinski definition) is 1. The van der Waals surface area contributed by atoms with Gasteiger partial charge in [0.15, 0.2) is 0 Å². The third kappa shape index (κ3) is 1.99. The van der Waals surface area contributed by atoms with E-state index in [1.807, 2.05) is 12.1 Å². The quantitative estimate of drug-likeness (QED) is 0.722. The van der Waals surface area contributed by atoms with Crippen LogP contribution in [-0.2, 0) is 5.41 Å². The fraction of sp³-hybridized carbons (Fsp3) is 0.444. The van der Waals surface area contributed by atoms with E-state index in [0.29, 0.717) is 0 Å². The molecule has 0 aliphatic carbocycles. The van der Waals surface area contributed by atoms with Crippen molar-refractivity contribution in [1.82, 2.24) is 0 Å². The predicted octanol–water partition coefficient (Wildman–Crippen LogP) is 1.14. The molecule has 0 fully saturated rings. The van der Waals surface area contributed by atoms with Crippen LogP contribution in [0.25, 0.3) is 0 Å². The molecule has 0 aromatic carbocycles. The Labute approximate surface area is 78.5 Å². The van der Waals surface area contributed by atoms with Crippen LogP contribution < -0.4 is 5.73 Å². The molecule has 0 saturated carbocycles. The van der Waals surface area contributed by atoms with Crippen molar-refractivity contribution >= 4 is 20.4 Å². The monoisotopic (exact) mass is 231 g/mol. The predicted molar refractivity (Wildman–Crippen MR) is 50.6 cm³/mol. The van der Waals surface area contributed by atoms with E-state index >= 15 is 0 Å². The van der Waals surface area contributed by atoms with Gasteiger partial charge in [-0.05, 0) is 0 Å². The summed E-state index contributed by atoms with van der Waals surface area (Å²) in [6, 6.07) is 3.88. The Morgan fingerprint density at radius 2 is 2.00 bits per heavy atom. The molecule has 1 heterocycles. The summed E-state index contributed by atoms with van der Waals surface area (Å²) < 4.78 is 2.12. The maximum absolute atomic E-state index is 10.8. The summed E-state index contributed by atoms with van der Waals surface area (Å²) in [7, 11) is 0. The molecule has 2 N–H and O–H groups in total. The number of amides is 1. The standard InChI is InChI=1S/C9H13NOSe/c1-9(2,3)7-5-4-6(12-7)8(10)11/h4-5H,1-3H3,(H2,10,11). The van der Waals surface area contributed by atoms with E-state index in [4.69, 9.17) is 5.73 Å². The Kier molecular flexibility index (Phi) is 2.45. The molecule has 1 amide bonds. The summed E-state index contributed by atoms with van der Waals surface area (Å²) in [5.41, 5.74) is 5.35. The van der Waals surface area contributed by atoms with Crippen molar-refractivity contribution in [3.05, 3.63) is 21.0 Å². The van der Waals surface area contributed by atoms with Crippen LogP contribution in [0.1, 0.15) is 34.4 Å². The number of rotatable bonds is 1. The summed E-state index contributed by atoms with van der Waals surface area (Å²) in [4.78, 5) is 10.8. The van der Waals surface area contributed by atoms with Crippen LogP contribution in [0.3, 0.4) is 0 Å². The zero-order chi connectivity index (χ0) is 9.35. The van der Waals surface area contributed by atoms with Crippen molar-refractivity contribution < 1.29 is 4.79 Å². The Morgan fingerprint density at radius 1 is 1.42 bits per heavy atom. The molecule has 66 valence electrons. The van der Waals surface area contributed by atoms with Gasteiger partial charge in [-0.25, -0.2) is 0 Å². The average Bonchev–Trinajstić information content (AvgIpc) is 2.30. The van der Waals surface area contributed by atoms with Gasteiger partial charge < -0.3 is 0 Å². The van der Waals surface area contributed by atoms with E-state index in [0.717, 1.165) is 4.44 Å². The molecule has 1 rings (SSSR count). The van der Waals surface area contributed by atoms with Gasteiger partial charge in [0, 0.05) is 0 Å². The second-order valence-electron chi connectivity index (χ2n) is 3.78. The molecule has 0 atom stereocenters. The number of primary amides is 1. The summed E-state index contributed by atoms with van der Waals surface area (Å²) in [6.07, 6.45) is 0. The second kappa shape index (κ2) is 3.08. The Hall–Kier alpha value is -0.531. The van der Waals surface area contributed by atoms with Gasteiger partial charge in [0.05, 0.1) is 0 Å². The molecule has 0 bridgehead atoms. The molecular weight excluding hydrogens is 217 g/mol. The SMILES string of the molecule is CC(C)(C)c1ccc(C(N)=O)[se]1. The van der Waals surface area contributed by atoms with E-state index in [2.05, 4.69) is 20.8 Å². The first-order valence-electron chi connectivity index (χ1n) is 3.81. The first-order chi connectivity index (χ1) is 5.41. The van der Waals surface area contributed by atoms with Crippen molar-refractivity contribution in [2.24, 2.45) is 5.73 Å². The molecule has 1 aromatic heterocycles. The van der Waals surface area contributed by atoms with Gasteiger partial charge in [0.25, 0.3) is 0 Å². The van der Waals surface area contributed by atoms with Crippen molar-refractivity contribution in [1.29, 1.82) is 0 Å². The maximum atomic E-state index is 10.8. The molecule has 12 heavy (non-hydrogen) atoms. The summed E-state index contributed by atoms with van der Waals surface area (Å²) in [6.45, 7) is 6.45. The molecule has 0 aliphatic heterocycles. The van der Waals surface area contributed by atoms with E-state index < -0.39 is 0 Å². The fourth-order valence-corrected chi connectivity index (χ4v) is 2.79. The van der Waals surface area contributed by atoms with Crippen LogP contribution in [0.2, 0.25) is 0 Å². The van der Waals surface area contributed by atoms with Crippen LogP contribution >= 0.6 is 0 Å². The first kappa shape index (κ1) is 9.56. The van der Waals surface area contributed by atoms with Crippen molar-refractivity contribution in [3.63, 3.8) is 0 Å². The van der Waals surface area contributed by atoms with Crippen LogP contribution in [0.5, 0.6) is 0 Å². The molecule has 0 aliphatic rings. The minimum atomic E-state index is -0.273. The molecule has 0 unspecified atom stereocenters. The van der Waals surface area contributed by atoms with E-state index in [1.165, 1.54) is 4.44 Å². The second-order valence-corrected chi connectivity index (χ2v) is 6.05. The molecular formula is C9H13NOSe. The third-order valence-electron chi connectivity index (χ3n) is 1.59. The summed E-state index contributed by atoms with van der Waals surface area (Å²) >= 11 is 0.157. The average molecular weight is 230 g/mol. The Bertz CT molecular complexity index is 296. The van der Waals surface area contributed by atoms with Gasteiger partial charge >= 0.3 is 78.1 Å². The van der Waals surface area contributed by atoms with Crippen LogP contribution in [0.15, 0.2) is 12.1 Å². The zero-order valence-corrected chi connectivity index (χ0v) is 9.26. The van der Waals surface area contributed by atoms with Crippen LogP contribution in [0.4, 0.5) is 0 Å². The molecule has 0 spiro atoms. The molecule has 2 nitrogen and oxygen atoms in total. The first-order valence-corrected chi connectivity index (χ1v) is 5.52. The summed E-state index contributed by atoms with van der Waals surface area (Å²) in [5.74, 6) is -0.273. The molecule has 3 heteroatoms. The normalized spacial score (nSPS) is 11.6. The van der Waals surface area contributed by atoms with Gasteiger partial charge in [-0.15, -0.1) is 0 Å². The van der Waals surface area contributed by atoms with E-state index in [9.17, 15) is 4.79 Å². The Balaban J connectivity index is 3.00. The van der Waals surface area contributed by atoms with Crippen LogP contribution in [0, 0.1) is 0 Å². The number of carbonyl (C=O) groups is 1. The minimum absolute atomic E-state index is 0.157. The van der Waals surface area contributed by atoms with Gasteiger partial charge in [0.1, 0.15) is 0 Å². The van der Waals surface area contributed by atoms with E-state index in [-0.39, 0.29) is 25.8 Å². The topological polar surface area (TPSA) is 43.1 Å².